The third-order valence-electron chi connectivity index (χ3n) is 3.28. The molecule has 0 unspecified atom stereocenters. The number of nitrogens with one attached hydrogen (secondary N) is 1. The largest absolute Gasteiger partial charge is 0.310 e. The number of nitrogens with zero attached hydrogens (tertiary/aromatic N) is 3. The van der Waals surface area contributed by atoms with Gasteiger partial charge in [0.2, 0.25) is 5.91 Å². The van der Waals surface area contributed by atoms with Gasteiger partial charge in [-0.25, -0.2) is 19.3 Å². The van der Waals surface area contributed by atoms with E-state index in [1.54, 1.807) is 12.3 Å². The lowest BCUT2D eigenvalue weighted by molar-refractivity contribution is -0.117. The van der Waals surface area contributed by atoms with Gasteiger partial charge in [0.05, 0.1) is 0 Å². The number of hydrogen-bond donors (Lipinski definition) is 1. The molecule has 3 rings (SSSR count). The maximum absolute atomic E-state index is 13.2. The van der Waals surface area contributed by atoms with Crippen molar-refractivity contribution in [3.05, 3.63) is 46.9 Å². The van der Waals surface area contributed by atoms with E-state index in [0.717, 1.165) is 17.8 Å². The molecule has 2 aromatic rings. The molecule has 1 N–H and O–H groups in total. The van der Waals surface area contributed by atoms with E-state index in [2.05, 4.69) is 20.3 Å². The van der Waals surface area contributed by atoms with Gasteiger partial charge in [0, 0.05) is 35.9 Å². The molecule has 2 aromatic heterocycles. The summed E-state index contributed by atoms with van der Waals surface area (Å²) in [6.45, 7) is 1.88. The molecule has 2 atom stereocenters. The first kappa shape index (κ1) is 13.9. The molecule has 1 aliphatic rings. The van der Waals surface area contributed by atoms with Crippen LogP contribution in [0.3, 0.4) is 0 Å². The second-order valence-corrected chi connectivity index (χ2v) is 5.37. The molecule has 0 spiro atoms. The Labute approximate surface area is 125 Å². The van der Waals surface area contributed by atoms with E-state index >= 15 is 0 Å². The molecule has 1 aliphatic carbocycles. The van der Waals surface area contributed by atoms with Crippen LogP contribution < -0.4 is 5.32 Å². The van der Waals surface area contributed by atoms with Gasteiger partial charge >= 0.3 is 0 Å². The molecular weight excluding hydrogens is 295 g/mol. The third kappa shape index (κ3) is 3.16. The van der Waals surface area contributed by atoms with Crippen LogP contribution in [0.15, 0.2) is 24.4 Å². The van der Waals surface area contributed by atoms with Gasteiger partial charge in [-0.05, 0) is 19.4 Å². The van der Waals surface area contributed by atoms with Gasteiger partial charge in [0.1, 0.15) is 22.6 Å². The maximum atomic E-state index is 13.2. The van der Waals surface area contributed by atoms with E-state index in [4.69, 9.17) is 11.6 Å². The van der Waals surface area contributed by atoms with Gasteiger partial charge in [-0.2, -0.15) is 0 Å². The summed E-state index contributed by atoms with van der Waals surface area (Å²) >= 11 is 5.65. The zero-order valence-corrected chi connectivity index (χ0v) is 11.9. The second kappa shape index (κ2) is 5.37. The number of aryl methyl sites for hydroxylation is 1. The Kier molecular flexibility index (Phi) is 3.55. The normalized spacial score (nSPS) is 20.1. The third-order valence-corrected chi connectivity index (χ3v) is 3.48. The van der Waals surface area contributed by atoms with E-state index in [-0.39, 0.29) is 28.7 Å². The Morgan fingerprint density at radius 3 is 2.95 bits per heavy atom. The Hall–Kier alpha value is -2.08. The number of rotatable bonds is 3. The first-order valence-corrected chi connectivity index (χ1v) is 6.84. The van der Waals surface area contributed by atoms with Crippen LogP contribution in [-0.4, -0.2) is 20.9 Å². The summed E-state index contributed by atoms with van der Waals surface area (Å²) in [5.41, 5.74) is 0.865. The fourth-order valence-corrected chi connectivity index (χ4v) is 2.36. The van der Waals surface area contributed by atoms with Crippen molar-refractivity contribution in [1.82, 2.24) is 15.0 Å². The first-order chi connectivity index (χ1) is 10.0. The fraction of sp³-hybridized carbons (Fsp3) is 0.286. The number of pyridine rings is 1. The molecule has 5 nitrogen and oxygen atoms in total. The minimum Gasteiger partial charge on any atom is -0.310 e. The van der Waals surface area contributed by atoms with Crippen LogP contribution in [0.2, 0.25) is 5.15 Å². The van der Waals surface area contributed by atoms with E-state index in [1.807, 2.05) is 6.92 Å². The predicted octanol–water partition coefficient (Wildman–Crippen LogP) is 2.71. The summed E-state index contributed by atoms with van der Waals surface area (Å²) in [6, 6.07) is 4.02. The highest BCUT2D eigenvalue weighted by molar-refractivity contribution is 6.29. The minimum atomic E-state index is -0.542. The van der Waals surface area contributed by atoms with Gasteiger partial charge in [0.25, 0.3) is 0 Å². The SMILES string of the molecule is Cc1ccnc([C@H]2C[C@@H]2C(=O)Nc2cc(F)cc(Cl)n2)n1. The number of amides is 1. The van der Waals surface area contributed by atoms with E-state index in [1.165, 1.54) is 0 Å². The molecule has 7 heteroatoms. The van der Waals surface area contributed by atoms with Crippen molar-refractivity contribution in [3.8, 4) is 0 Å². The predicted molar refractivity (Wildman–Crippen MR) is 75.5 cm³/mol. The number of carbonyl (C=O) groups excluding carboxylic acids is 1. The first-order valence-electron chi connectivity index (χ1n) is 6.46. The smallest absolute Gasteiger partial charge is 0.229 e. The molecular formula is C14H12ClFN4O. The minimum absolute atomic E-state index is 0.000311. The number of hydrogen-bond acceptors (Lipinski definition) is 4. The quantitative estimate of drug-likeness (QED) is 0.885. The van der Waals surface area contributed by atoms with Crippen molar-refractivity contribution in [1.29, 1.82) is 0 Å². The highest BCUT2D eigenvalue weighted by atomic mass is 35.5. The van der Waals surface area contributed by atoms with Crippen molar-refractivity contribution >= 4 is 23.3 Å². The van der Waals surface area contributed by atoms with Crippen LogP contribution >= 0.6 is 11.6 Å². The average Bonchev–Trinajstić information content (AvgIpc) is 3.17. The standard InChI is InChI=1S/C14H12ClFN4O/c1-7-2-3-17-13(18-7)9-6-10(9)14(21)20-12-5-8(16)4-11(15)19-12/h2-5,9-10H,6H2,1H3,(H,19,20,21)/t9-,10-/m0/s1. The number of carbonyl (C=O) groups is 1. The molecule has 108 valence electrons. The Bertz CT molecular complexity index is 689. The fourth-order valence-electron chi connectivity index (χ4n) is 2.17. The molecule has 1 amide bonds. The molecule has 21 heavy (non-hydrogen) atoms. The lowest BCUT2D eigenvalue weighted by Gasteiger charge is -2.04. The zero-order chi connectivity index (χ0) is 15.0. The summed E-state index contributed by atoms with van der Waals surface area (Å²) in [4.78, 5) is 24.4. The Morgan fingerprint density at radius 1 is 1.43 bits per heavy atom. The van der Waals surface area contributed by atoms with Crippen molar-refractivity contribution in [3.63, 3.8) is 0 Å². The van der Waals surface area contributed by atoms with Crippen molar-refractivity contribution in [2.24, 2.45) is 5.92 Å². The van der Waals surface area contributed by atoms with Crippen LogP contribution in [0.4, 0.5) is 10.2 Å². The number of anilines is 1. The Balaban J connectivity index is 1.68. The van der Waals surface area contributed by atoms with Crippen LogP contribution in [0, 0.1) is 18.7 Å². The highest BCUT2D eigenvalue weighted by Crippen LogP contribution is 2.46. The molecule has 0 saturated heterocycles. The van der Waals surface area contributed by atoms with Gasteiger partial charge in [-0.15, -0.1) is 0 Å². The molecule has 1 saturated carbocycles. The van der Waals surface area contributed by atoms with E-state index in [0.29, 0.717) is 12.2 Å². The average molecular weight is 307 g/mol. The Morgan fingerprint density at radius 2 is 2.24 bits per heavy atom. The summed E-state index contributed by atoms with van der Waals surface area (Å²) < 4.78 is 13.2. The van der Waals surface area contributed by atoms with Crippen LogP contribution in [-0.2, 0) is 4.79 Å². The number of halogens is 2. The van der Waals surface area contributed by atoms with E-state index < -0.39 is 5.82 Å². The zero-order valence-electron chi connectivity index (χ0n) is 11.2. The highest BCUT2D eigenvalue weighted by Gasteiger charge is 2.46. The molecule has 0 radical (unpaired) electrons. The van der Waals surface area contributed by atoms with Gasteiger partial charge in [-0.3, -0.25) is 4.79 Å². The second-order valence-electron chi connectivity index (χ2n) is 4.99. The molecule has 0 bridgehead atoms. The van der Waals surface area contributed by atoms with Crippen molar-refractivity contribution in [2.75, 3.05) is 5.32 Å². The summed E-state index contributed by atoms with van der Waals surface area (Å²) in [7, 11) is 0. The van der Waals surface area contributed by atoms with Gasteiger partial charge in [0.15, 0.2) is 0 Å². The molecule has 2 heterocycles. The summed E-state index contributed by atoms with van der Waals surface area (Å²) in [5.74, 6) is -0.190. The van der Waals surface area contributed by atoms with Crippen LogP contribution in [0.1, 0.15) is 23.9 Å². The van der Waals surface area contributed by atoms with Gasteiger partial charge < -0.3 is 5.32 Å². The molecule has 0 aliphatic heterocycles. The van der Waals surface area contributed by atoms with Crippen molar-refractivity contribution < 1.29 is 9.18 Å². The van der Waals surface area contributed by atoms with Gasteiger partial charge in [-0.1, -0.05) is 11.6 Å². The summed E-state index contributed by atoms with van der Waals surface area (Å²) in [6.07, 6.45) is 2.36. The number of aromatic nitrogens is 3. The maximum Gasteiger partial charge on any atom is 0.229 e. The molecule has 0 aromatic carbocycles. The lowest BCUT2D eigenvalue weighted by atomic mass is 10.2. The van der Waals surface area contributed by atoms with Crippen molar-refractivity contribution in [2.45, 2.75) is 19.3 Å². The lowest BCUT2D eigenvalue weighted by Crippen LogP contribution is -2.16. The monoisotopic (exact) mass is 306 g/mol. The topological polar surface area (TPSA) is 67.8 Å². The molecule has 1 fully saturated rings. The van der Waals surface area contributed by atoms with E-state index in [9.17, 15) is 9.18 Å². The van der Waals surface area contributed by atoms with Crippen LogP contribution in [0.25, 0.3) is 0 Å². The summed E-state index contributed by atoms with van der Waals surface area (Å²) in [5, 5.41) is 2.57. The van der Waals surface area contributed by atoms with Crippen LogP contribution in [0.5, 0.6) is 0 Å².